The summed E-state index contributed by atoms with van der Waals surface area (Å²) >= 11 is 3.25. The van der Waals surface area contributed by atoms with Gasteiger partial charge in [-0.15, -0.1) is 0 Å². The third-order valence-corrected chi connectivity index (χ3v) is 5.35. The number of carbonyl (C=O) groups is 1. The molecule has 3 rings (SSSR count). The number of carboxylic acid groups (broad SMARTS) is 1. The van der Waals surface area contributed by atoms with Gasteiger partial charge in [0.1, 0.15) is 28.5 Å². The first-order chi connectivity index (χ1) is 14.7. The number of hydrogen-bond donors (Lipinski definition) is 2. The number of nitrogens with one attached hydrogen (secondary N) is 1. The number of ether oxygens (including phenoxy) is 1. The quantitative estimate of drug-likeness (QED) is 0.505. The second-order valence-corrected chi connectivity index (χ2v) is 7.65. The highest BCUT2D eigenvalue weighted by Gasteiger charge is 2.14. The summed E-state index contributed by atoms with van der Waals surface area (Å²) in [5.74, 6) is -1.13. The van der Waals surface area contributed by atoms with E-state index < -0.39 is 17.7 Å². The molecule has 0 unspecified atom stereocenters. The van der Waals surface area contributed by atoms with Gasteiger partial charge in [0.2, 0.25) is 0 Å². The van der Waals surface area contributed by atoms with E-state index in [1.807, 2.05) is 12.1 Å². The minimum Gasteiger partial charge on any atom is -0.487 e. The molecule has 1 aromatic heterocycles. The van der Waals surface area contributed by atoms with Gasteiger partial charge < -0.3 is 19.7 Å². The lowest BCUT2D eigenvalue weighted by Crippen LogP contribution is -2.24. The summed E-state index contributed by atoms with van der Waals surface area (Å²) < 4.78 is 34.2. The number of rotatable bonds is 7. The van der Waals surface area contributed by atoms with Crippen molar-refractivity contribution in [2.24, 2.45) is 0 Å². The van der Waals surface area contributed by atoms with Crippen molar-refractivity contribution in [1.82, 2.24) is 9.88 Å². The van der Waals surface area contributed by atoms with Gasteiger partial charge in [0.25, 0.3) is 5.56 Å². The number of pyridine rings is 1. The zero-order valence-corrected chi connectivity index (χ0v) is 18.1. The van der Waals surface area contributed by atoms with Crippen LogP contribution in [0.4, 0.5) is 13.6 Å². The molecule has 1 heterocycles. The molecule has 2 N–H and O–H groups in total. The van der Waals surface area contributed by atoms with Crippen LogP contribution in [0.2, 0.25) is 0 Å². The fourth-order valence-corrected chi connectivity index (χ4v) is 3.38. The van der Waals surface area contributed by atoms with Crippen LogP contribution >= 0.6 is 15.9 Å². The molecule has 0 saturated heterocycles. The predicted molar refractivity (Wildman–Crippen MR) is 114 cm³/mol. The molecular weight excluding hydrogens is 474 g/mol. The fourth-order valence-electron chi connectivity index (χ4n) is 2.93. The van der Waals surface area contributed by atoms with Crippen LogP contribution in [-0.4, -0.2) is 15.8 Å². The first-order valence-electron chi connectivity index (χ1n) is 9.26. The summed E-state index contributed by atoms with van der Waals surface area (Å²) in [5.41, 5.74) is 2.16. The van der Waals surface area contributed by atoms with E-state index in [0.29, 0.717) is 12.2 Å². The largest absolute Gasteiger partial charge is 0.487 e. The molecule has 0 aliphatic rings. The molecule has 1 amide bonds. The van der Waals surface area contributed by atoms with Gasteiger partial charge in [-0.1, -0.05) is 24.3 Å². The van der Waals surface area contributed by atoms with Crippen molar-refractivity contribution in [1.29, 1.82) is 0 Å². The van der Waals surface area contributed by atoms with E-state index in [4.69, 9.17) is 9.84 Å². The number of aryl methyl sites for hydroxylation is 1. The van der Waals surface area contributed by atoms with E-state index >= 15 is 0 Å². The second kappa shape index (κ2) is 9.74. The van der Waals surface area contributed by atoms with Crippen LogP contribution in [-0.2, 0) is 19.7 Å². The third-order valence-electron chi connectivity index (χ3n) is 4.62. The number of halogens is 3. The van der Waals surface area contributed by atoms with E-state index in [2.05, 4.69) is 21.2 Å². The van der Waals surface area contributed by atoms with Crippen LogP contribution in [0, 0.1) is 18.6 Å². The van der Waals surface area contributed by atoms with Crippen LogP contribution < -0.4 is 15.6 Å². The van der Waals surface area contributed by atoms with E-state index in [1.54, 1.807) is 29.7 Å². The maximum Gasteiger partial charge on any atom is 0.404 e. The van der Waals surface area contributed by atoms with E-state index in [-0.39, 0.29) is 34.5 Å². The molecule has 3 aromatic rings. The molecule has 31 heavy (non-hydrogen) atoms. The van der Waals surface area contributed by atoms with Gasteiger partial charge >= 0.3 is 6.09 Å². The summed E-state index contributed by atoms with van der Waals surface area (Å²) in [6.07, 6.45) is -1.10. The first-order valence-corrected chi connectivity index (χ1v) is 10.0. The Bertz CT molecular complexity index is 1160. The molecule has 0 spiro atoms. The molecule has 6 nitrogen and oxygen atoms in total. The number of nitrogens with zero attached hydrogens (tertiary/aromatic N) is 1. The van der Waals surface area contributed by atoms with Crippen LogP contribution in [0.15, 0.2) is 57.8 Å². The average Bonchev–Trinajstić information content (AvgIpc) is 2.73. The summed E-state index contributed by atoms with van der Waals surface area (Å²) in [5, 5.41) is 11.0. The molecule has 162 valence electrons. The van der Waals surface area contributed by atoms with Crippen LogP contribution in [0.5, 0.6) is 5.75 Å². The lowest BCUT2D eigenvalue weighted by Gasteiger charge is -2.15. The van der Waals surface area contributed by atoms with Gasteiger partial charge in [-0.25, -0.2) is 13.6 Å². The first kappa shape index (κ1) is 22.5. The van der Waals surface area contributed by atoms with Crippen molar-refractivity contribution in [3.8, 4) is 5.75 Å². The number of benzene rings is 2. The number of amides is 1. The van der Waals surface area contributed by atoms with Crippen LogP contribution in [0.1, 0.15) is 22.4 Å². The van der Waals surface area contributed by atoms with Crippen molar-refractivity contribution in [2.45, 2.75) is 26.6 Å². The molecular formula is C22H19BrF2N2O4. The lowest BCUT2D eigenvalue weighted by atomic mass is 10.1. The van der Waals surface area contributed by atoms with Gasteiger partial charge in [0.05, 0.1) is 6.54 Å². The summed E-state index contributed by atoms with van der Waals surface area (Å²) in [4.78, 5) is 23.4. The normalized spacial score (nSPS) is 10.7. The Morgan fingerprint density at radius 3 is 2.45 bits per heavy atom. The molecule has 9 heteroatoms. The Kier molecular flexibility index (Phi) is 7.06. The zero-order chi connectivity index (χ0) is 22.5. The van der Waals surface area contributed by atoms with Crippen molar-refractivity contribution in [3.63, 3.8) is 0 Å². The highest BCUT2D eigenvalue weighted by atomic mass is 79.9. The van der Waals surface area contributed by atoms with Gasteiger partial charge in [0.15, 0.2) is 0 Å². The zero-order valence-electron chi connectivity index (χ0n) is 16.5. The predicted octanol–water partition coefficient (Wildman–Crippen LogP) is 4.59. The Morgan fingerprint density at radius 1 is 1.13 bits per heavy atom. The Balaban J connectivity index is 1.75. The Labute approximate surface area is 185 Å². The maximum absolute atomic E-state index is 13.8. The minimum absolute atomic E-state index is 0.153. The molecule has 0 radical (unpaired) electrons. The molecule has 0 fully saturated rings. The van der Waals surface area contributed by atoms with Crippen LogP contribution in [0.25, 0.3) is 0 Å². The smallest absolute Gasteiger partial charge is 0.404 e. The Hall–Kier alpha value is -3.20. The van der Waals surface area contributed by atoms with E-state index in [0.717, 1.165) is 23.3 Å². The standard InChI is InChI=1S/C22H19BrF2N2O4/c1-13-8-19(31-12-16-6-7-17(24)9-18(16)25)20(23)21(28)27(13)11-15-4-2-14(3-5-15)10-26-22(29)30/h2-9,26H,10-12H2,1H3,(H,29,30). The Morgan fingerprint density at radius 2 is 1.81 bits per heavy atom. The van der Waals surface area contributed by atoms with E-state index in [1.165, 1.54) is 6.07 Å². The van der Waals surface area contributed by atoms with Gasteiger partial charge in [-0.05, 0) is 46.1 Å². The molecule has 0 bridgehead atoms. The van der Waals surface area contributed by atoms with Crippen molar-refractivity contribution >= 4 is 22.0 Å². The summed E-state index contributed by atoms with van der Waals surface area (Å²) in [6.45, 7) is 2.10. The van der Waals surface area contributed by atoms with Gasteiger partial charge in [-0.2, -0.15) is 0 Å². The monoisotopic (exact) mass is 492 g/mol. The third kappa shape index (κ3) is 5.69. The highest BCUT2D eigenvalue weighted by molar-refractivity contribution is 9.10. The molecule has 0 saturated carbocycles. The fraction of sp³-hybridized carbons (Fsp3) is 0.182. The highest BCUT2D eigenvalue weighted by Crippen LogP contribution is 2.24. The lowest BCUT2D eigenvalue weighted by molar-refractivity contribution is 0.194. The van der Waals surface area contributed by atoms with Gasteiger partial charge in [0, 0.05) is 29.9 Å². The average molecular weight is 493 g/mol. The molecule has 0 aliphatic heterocycles. The summed E-state index contributed by atoms with van der Waals surface area (Å²) in [6, 6.07) is 12.1. The topological polar surface area (TPSA) is 80.6 Å². The van der Waals surface area contributed by atoms with E-state index in [9.17, 15) is 18.4 Å². The molecule has 2 aromatic carbocycles. The van der Waals surface area contributed by atoms with Crippen LogP contribution in [0.3, 0.4) is 0 Å². The van der Waals surface area contributed by atoms with Crippen molar-refractivity contribution in [3.05, 3.63) is 97.4 Å². The molecule has 0 atom stereocenters. The minimum atomic E-state index is -1.10. The van der Waals surface area contributed by atoms with Crippen molar-refractivity contribution < 1.29 is 23.4 Å². The second-order valence-electron chi connectivity index (χ2n) is 6.85. The van der Waals surface area contributed by atoms with Gasteiger partial charge in [-0.3, -0.25) is 4.79 Å². The number of hydrogen-bond acceptors (Lipinski definition) is 3. The molecule has 0 aliphatic carbocycles. The summed E-state index contributed by atoms with van der Waals surface area (Å²) in [7, 11) is 0. The number of aromatic nitrogens is 1. The van der Waals surface area contributed by atoms with Crippen molar-refractivity contribution in [2.75, 3.05) is 0 Å². The SMILES string of the molecule is Cc1cc(OCc2ccc(F)cc2F)c(Br)c(=O)n1Cc1ccc(CNC(=O)O)cc1. The maximum atomic E-state index is 13.8.